The van der Waals surface area contributed by atoms with Crippen LogP contribution in [0.3, 0.4) is 0 Å². The van der Waals surface area contributed by atoms with Crippen molar-refractivity contribution in [3.63, 3.8) is 0 Å². The van der Waals surface area contributed by atoms with Gasteiger partial charge in [0.05, 0.1) is 17.9 Å². The predicted molar refractivity (Wildman–Crippen MR) is 95.0 cm³/mol. The maximum Gasteiger partial charge on any atom is 0.295 e. The van der Waals surface area contributed by atoms with Crippen LogP contribution in [-0.2, 0) is 7.05 Å². The summed E-state index contributed by atoms with van der Waals surface area (Å²) in [5, 5.41) is 2.93. The number of nitrogens with zero attached hydrogens (tertiary/aromatic N) is 2. The lowest BCUT2D eigenvalue weighted by Crippen LogP contribution is -2.22. The Bertz CT molecular complexity index is 957. The van der Waals surface area contributed by atoms with Crippen LogP contribution in [0.1, 0.15) is 16.1 Å². The van der Waals surface area contributed by atoms with Crippen LogP contribution in [0.15, 0.2) is 59.4 Å². The van der Waals surface area contributed by atoms with Crippen LogP contribution in [0.2, 0.25) is 0 Å². The number of hydrogen-bond donors (Lipinski definition) is 1. The molecule has 0 aliphatic heterocycles. The zero-order valence-electron chi connectivity index (χ0n) is 14.0. The molecule has 0 aliphatic rings. The average Bonchev–Trinajstić information content (AvgIpc) is 2.83. The molecule has 3 rings (SSSR count). The molecule has 25 heavy (non-hydrogen) atoms. The Morgan fingerprint density at radius 3 is 2.36 bits per heavy atom. The van der Waals surface area contributed by atoms with Gasteiger partial charge < -0.3 is 5.32 Å². The molecule has 3 aromatic rings. The fraction of sp³-hybridized carbons (Fsp3) is 0.158. The first-order chi connectivity index (χ1) is 12.0. The molecule has 0 spiro atoms. The molecule has 0 bridgehead atoms. The molecular weight excluding hydrogens is 321 g/mol. The summed E-state index contributed by atoms with van der Waals surface area (Å²) < 4.78 is 16.2. The quantitative estimate of drug-likeness (QED) is 0.727. The van der Waals surface area contributed by atoms with Crippen molar-refractivity contribution in [1.29, 1.82) is 0 Å². The SMILES string of the molecule is Cc1c(NCC(=O)c2ccc(F)cc2)c(=O)n(-c2ccccc2)n1C. The monoisotopic (exact) mass is 339 g/mol. The predicted octanol–water partition coefficient (Wildman–Crippen LogP) is 2.92. The average molecular weight is 339 g/mol. The van der Waals surface area contributed by atoms with E-state index in [0.29, 0.717) is 11.3 Å². The molecule has 0 saturated carbocycles. The molecule has 1 N–H and O–H groups in total. The Morgan fingerprint density at radius 1 is 1.08 bits per heavy atom. The number of hydrogen-bond acceptors (Lipinski definition) is 3. The van der Waals surface area contributed by atoms with E-state index < -0.39 is 5.82 Å². The third-order valence-corrected chi connectivity index (χ3v) is 4.15. The van der Waals surface area contributed by atoms with E-state index in [0.717, 1.165) is 11.4 Å². The minimum Gasteiger partial charge on any atom is -0.372 e. The molecule has 1 aromatic heterocycles. The summed E-state index contributed by atoms with van der Waals surface area (Å²) in [7, 11) is 1.79. The minimum atomic E-state index is -0.394. The first-order valence-electron chi connectivity index (χ1n) is 7.85. The zero-order valence-corrected chi connectivity index (χ0v) is 14.0. The highest BCUT2D eigenvalue weighted by molar-refractivity contribution is 5.98. The lowest BCUT2D eigenvalue weighted by molar-refractivity contribution is 0.101. The van der Waals surface area contributed by atoms with Gasteiger partial charge in [-0.15, -0.1) is 0 Å². The molecule has 1 heterocycles. The summed E-state index contributed by atoms with van der Waals surface area (Å²) in [5.74, 6) is -0.608. The van der Waals surface area contributed by atoms with E-state index in [9.17, 15) is 14.0 Å². The fourth-order valence-electron chi connectivity index (χ4n) is 2.68. The summed E-state index contributed by atoms with van der Waals surface area (Å²) in [6, 6.07) is 14.6. The first-order valence-corrected chi connectivity index (χ1v) is 7.85. The molecule has 0 fully saturated rings. The van der Waals surface area contributed by atoms with Gasteiger partial charge in [-0.2, -0.15) is 0 Å². The van der Waals surface area contributed by atoms with Crippen LogP contribution in [0.4, 0.5) is 10.1 Å². The molecule has 0 atom stereocenters. The topological polar surface area (TPSA) is 56.0 Å². The summed E-state index contributed by atoms with van der Waals surface area (Å²) in [4.78, 5) is 24.9. The molecule has 2 aromatic carbocycles. The van der Waals surface area contributed by atoms with Crippen LogP contribution in [0.25, 0.3) is 5.69 Å². The molecule has 128 valence electrons. The highest BCUT2D eigenvalue weighted by Gasteiger charge is 2.17. The second-order valence-corrected chi connectivity index (χ2v) is 5.72. The summed E-state index contributed by atoms with van der Waals surface area (Å²) in [6.45, 7) is 1.77. The smallest absolute Gasteiger partial charge is 0.295 e. The van der Waals surface area contributed by atoms with Gasteiger partial charge in [0, 0.05) is 12.6 Å². The minimum absolute atomic E-state index is 0.0412. The van der Waals surface area contributed by atoms with Gasteiger partial charge >= 0.3 is 0 Å². The van der Waals surface area contributed by atoms with Crippen LogP contribution in [-0.4, -0.2) is 21.7 Å². The first kappa shape index (κ1) is 16.7. The number of carbonyl (C=O) groups excluding carboxylic acids is 1. The Labute approximate surface area is 144 Å². The van der Waals surface area contributed by atoms with Gasteiger partial charge in [-0.05, 0) is 43.3 Å². The van der Waals surface area contributed by atoms with Gasteiger partial charge in [0.25, 0.3) is 5.56 Å². The van der Waals surface area contributed by atoms with Gasteiger partial charge in [-0.3, -0.25) is 14.3 Å². The maximum atomic E-state index is 12.9. The van der Waals surface area contributed by atoms with Gasteiger partial charge in [0.1, 0.15) is 11.5 Å². The van der Waals surface area contributed by atoms with E-state index in [2.05, 4.69) is 5.32 Å². The maximum absolute atomic E-state index is 12.9. The number of Topliss-reactive ketones (excluding diaryl/α,β-unsaturated/α-hetero) is 1. The molecule has 0 saturated heterocycles. The lowest BCUT2D eigenvalue weighted by atomic mass is 10.1. The van der Waals surface area contributed by atoms with Crippen LogP contribution >= 0.6 is 0 Å². The molecule has 6 heteroatoms. The number of rotatable bonds is 5. The summed E-state index contributed by atoms with van der Waals surface area (Å²) >= 11 is 0. The van der Waals surface area contributed by atoms with Crippen molar-refractivity contribution in [2.75, 3.05) is 11.9 Å². The fourth-order valence-corrected chi connectivity index (χ4v) is 2.68. The van der Waals surface area contributed by atoms with Gasteiger partial charge in [-0.1, -0.05) is 18.2 Å². The largest absolute Gasteiger partial charge is 0.372 e. The standard InChI is InChI=1S/C19H18FN3O2/c1-13-18(21-12-17(24)14-8-10-15(20)11-9-14)19(25)23(22(13)2)16-6-4-3-5-7-16/h3-11,21H,12H2,1-2H3. The third-order valence-electron chi connectivity index (χ3n) is 4.15. The van der Waals surface area contributed by atoms with Crippen LogP contribution in [0, 0.1) is 12.7 Å². The van der Waals surface area contributed by atoms with Crippen molar-refractivity contribution in [3.05, 3.63) is 82.0 Å². The summed E-state index contributed by atoms with van der Waals surface area (Å²) in [6.07, 6.45) is 0. The van der Waals surface area contributed by atoms with E-state index >= 15 is 0 Å². The van der Waals surface area contributed by atoms with Crippen molar-refractivity contribution in [3.8, 4) is 5.69 Å². The highest BCUT2D eigenvalue weighted by Crippen LogP contribution is 2.14. The van der Waals surface area contributed by atoms with E-state index in [4.69, 9.17) is 0 Å². The molecule has 0 radical (unpaired) electrons. The Balaban J connectivity index is 1.85. The van der Waals surface area contributed by atoms with Crippen molar-refractivity contribution in [1.82, 2.24) is 9.36 Å². The number of ketones is 1. The van der Waals surface area contributed by atoms with Crippen molar-refractivity contribution >= 4 is 11.5 Å². The zero-order chi connectivity index (χ0) is 18.0. The summed E-state index contributed by atoms with van der Waals surface area (Å²) in [5.41, 5.74) is 2.02. The lowest BCUT2D eigenvalue weighted by Gasteiger charge is -2.07. The Morgan fingerprint density at radius 2 is 1.72 bits per heavy atom. The number of aromatic nitrogens is 2. The number of benzene rings is 2. The number of anilines is 1. The second kappa shape index (κ2) is 6.76. The van der Waals surface area contributed by atoms with Crippen LogP contribution in [0.5, 0.6) is 0 Å². The molecule has 0 amide bonds. The number of nitrogens with one attached hydrogen (secondary N) is 1. The second-order valence-electron chi connectivity index (χ2n) is 5.72. The van der Waals surface area contributed by atoms with E-state index in [1.54, 1.807) is 16.4 Å². The molecule has 5 nitrogen and oxygen atoms in total. The number of para-hydroxylation sites is 1. The number of halogens is 1. The number of carbonyl (C=O) groups is 1. The van der Waals surface area contributed by atoms with Gasteiger partial charge in [-0.25, -0.2) is 9.07 Å². The third kappa shape index (κ3) is 3.24. The Kier molecular flexibility index (Phi) is 4.52. The normalized spacial score (nSPS) is 10.7. The molecular formula is C19H18FN3O2. The molecule has 0 unspecified atom stereocenters. The van der Waals surface area contributed by atoms with Gasteiger partial charge in [0.15, 0.2) is 5.78 Å². The highest BCUT2D eigenvalue weighted by atomic mass is 19.1. The van der Waals surface area contributed by atoms with Crippen molar-refractivity contribution in [2.24, 2.45) is 7.05 Å². The van der Waals surface area contributed by atoms with Crippen molar-refractivity contribution in [2.45, 2.75) is 6.92 Å². The molecule has 0 aliphatic carbocycles. The van der Waals surface area contributed by atoms with E-state index in [1.807, 2.05) is 37.3 Å². The van der Waals surface area contributed by atoms with Crippen molar-refractivity contribution < 1.29 is 9.18 Å². The van der Waals surface area contributed by atoms with Crippen LogP contribution < -0.4 is 10.9 Å². The van der Waals surface area contributed by atoms with Gasteiger partial charge in [0.2, 0.25) is 0 Å². The van der Waals surface area contributed by atoms with E-state index in [1.165, 1.54) is 24.3 Å². The Hall–Kier alpha value is -3.15. The van der Waals surface area contributed by atoms with E-state index in [-0.39, 0.29) is 17.9 Å².